The minimum atomic E-state index is -0.877. The second-order valence-corrected chi connectivity index (χ2v) is 11.6. The van der Waals surface area contributed by atoms with E-state index in [2.05, 4.69) is 66.6 Å². The van der Waals surface area contributed by atoms with Crippen molar-refractivity contribution in [1.82, 2.24) is 9.80 Å². The highest BCUT2D eigenvalue weighted by molar-refractivity contribution is 5.62. The summed E-state index contributed by atoms with van der Waals surface area (Å²) in [7, 11) is 0. The maximum atomic E-state index is 12.6. The Kier molecular flexibility index (Phi) is 5.51. The predicted molar refractivity (Wildman–Crippen MR) is 138 cm³/mol. The molecule has 1 spiro atoms. The summed E-state index contributed by atoms with van der Waals surface area (Å²) >= 11 is 0. The van der Waals surface area contributed by atoms with Crippen molar-refractivity contribution in [3.05, 3.63) is 71.8 Å². The molecule has 4 aliphatic rings. The van der Waals surface area contributed by atoms with Gasteiger partial charge in [0, 0.05) is 37.3 Å². The molecule has 2 fully saturated rings. The highest BCUT2D eigenvalue weighted by atomic mass is 16.5. The van der Waals surface area contributed by atoms with Crippen LogP contribution >= 0.6 is 0 Å². The van der Waals surface area contributed by atoms with Crippen molar-refractivity contribution in [2.24, 2.45) is 5.92 Å². The molecule has 2 aromatic carbocycles. The van der Waals surface area contributed by atoms with Gasteiger partial charge in [0.15, 0.2) is 11.5 Å². The number of piperidine rings is 1. The maximum Gasteiger partial charge on any atom is 0.165 e. The van der Waals surface area contributed by atoms with E-state index in [0.717, 1.165) is 57.4 Å². The predicted octanol–water partition coefficient (Wildman–Crippen LogP) is 4.26. The summed E-state index contributed by atoms with van der Waals surface area (Å²) < 4.78 is 6.79. The molecule has 0 amide bonds. The molecule has 0 radical (unpaired) electrons. The second kappa shape index (κ2) is 8.36. The van der Waals surface area contributed by atoms with Crippen molar-refractivity contribution in [1.29, 1.82) is 0 Å². The van der Waals surface area contributed by atoms with Crippen LogP contribution in [0.2, 0.25) is 0 Å². The van der Waals surface area contributed by atoms with E-state index in [0.29, 0.717) is 11.7 Å². The fourth-order valence-corrected chi connectivity index (χ4v) is 7.97. The Hall–Kier alpha value is -2.34. The molecule has 2 N–H and O–H groups in total. The summed E-state index contributed by atoms with van der Waals surface area (Å²) in [6.07, 6.45) is 5.02. The van der Waals surface area contributed by atoms with Gasteiger partial charge < -0.3 is 14.9 Å². The van der Waals surface area contributed by atoms with Gasteiger partial charge >= 0.3 is 0 Å². The lowest BCUT2D eigenvalue weighted by Gasteiger charge is -2.65. The van der Waals surface area contributed by atoms with Crippen molar-refractivity contribution in [3.63, 3.8) is 0 Å². The van der Waals surface area contributed by atoms with Gasteiger partial charge in [0.2, 0.25) is 0 Å². The van der Waals surface area contributed by atoms with Crippen molar-refractivity contribution < 1.29 is 14.9 Å². The highest BCUT2D eigenvalue weighted by Crippen LogP contribution is 2.65. The minimum Gasteiger partial charge on any atom is -0.504 e. The number of rotatable bonds is 7. The van der Waals surface area contributed by atoms with Crippen LogP contribution in [0.25, 0.3) is 0 Å². The van der Waals surface area contributed by atoms with Crippen LogP contribution in [0.15, 0.2) is 55.1 Å². The Morgan fingerprint density at radius 2 is 2.00 bits per heavy atom. The molecule has 1 saturated carbocycles. The van der Waals surface area contributed by atoms with Gasteiger partial charge in [-0.1, -0.05) is 56.3 Å². The standard InChI is InChI=1S/C30H38N2O3/c1-4-15-31-16-14-29-26-22-10-11-24(33)27(26)35-28(29)23(12-13-30(29,34)25(31)17-22)32(18-20(2)3)19-21-8-6-5-7-9-21/h4-11,20,23,25,28,33-34H,1,12-19H2,2-3H3/t23-,25+,28-,29-,30+/m0/s1. The lowest BCUT2D eigenvalue weighted by Crippen LogP contribution is -2.78. The number of phenolic OH excluding ortho intramolecular Hbond substituents is 1. The van der Waals surface area contributed by atoms with Crippen LogP contribution in [0.3, 0.4) is 0 Å². The van der Waals surface area contributed by atoms with Crippen LogP contribution < -0.4 is 4.74 Å². The van der Waals surface area contributed by atoms with Crippen LogP contribution in [0.4, 0.5) is 0 Å². The molecule has 5 nitrogen and oxygen atoms in total. The number of ether oxygens (including phenoxy) is 1. The summed E-state index contributed by atoms with van der Waals surface area (Å²) in [6.45, 7) is 12.0. The van der Waals surface area contributed by atoms with E-state index in [4.69, 9.17) is 4.74 Å². The van der Waals surface area contributed by atoms with Gasteiger partial charge in [-0.3, -0.25) is 9.80 Å². The first kappa shape index (κ1) is 23.1. The molecule has 2 heterocycles. The van der Waals surface area contributed by atoms with Crippen molar-refractivity contribution in [2.75, 3.05) is 19.6 Å². The monoisotopic (exact) mass is 474 g/mol. The number of hydrogen-bond acceptors (Lipinski definition) is 5. The van der Waals surface area contributed by atoms with E-state index in [1.807, 2.05) is 6.08 Å². The van der Waals surface area contributed by atoms with Gasteiger partial charge in [-0.25, -0.2) is 0 Å². The van der Waals surface area contributed by atoms with Gasteiger partial charge in [-0.2, -0.15) is 0 Å². The number of benzene rings is 2. The van der Waals surface area contributed by atoms with E-state index in [-0.39, 0.29) is 23.9 Å². The Labute approximate surface area is 209 Å². The van der Waals surface area contributed by atoms with Crippen LogP contribution in [0.5, 0.6) is 11.5 Å². The number of phenols is 1. The van der Waals surface area contributed by atoms with Crippen LogP contribution in [0, 0.1) is 5.92 Å². The maximum absolute atomic E-state index is 12.6. The third-order valence-electron chi connectivity index (χ3n) is 9.20. The fourth-order valence-electron chi connectivity index (χ4n) is 7.97. The number of likely N-dealkylation sites (tertiary alicyclic amines) is 1. The summed E-state index contributed by atoms with van der Waals surface area (Å²) in [4.78, 5) is 5.00. The molecule has 0 aromatic heterocycles. The molecular formula is C30H38N2O3. The number of aromatic hydroxyl groups is 1. The van der Waals surface area contributed by atoms with Gasteiger partial charge in [0.25, 0.3) is 0 Å². The average molecular weight is 475 g/mol. The molecule has 2 aromatic rings. The van der Waals surface area contributed by atoms with E-state index < -0.39 is 11.0 Å². The normalized spacial score (nSPS) is 33.0. The van der Waals surface area contributed by atoms with Crippen molar-refractivity contribution >= 4 is 0 Å². The third-order valence-corrected chi connectivity index (χ3v) is 9.20. The Balaban J connectivity index is 1.46. The summed E-state index contributed by atoms with van der Waals surface area (Å²) in [5.74, 6) is 1.34. The molecule has 1 saturated heterocycles. The molecule has 186 valence electrons. The second-order valence-electron chi connectivity index (χ2n) is 11.6. The Morgan fingerprint density at radius 3 is 2.74 bits per heavy atom. The Bertz CT molecular complexity index is 1120. The van der Waals surface area contributed by atoms with Gasteiger partial charge in [-0.15, -0.1) is 6.58 Å². The van der Waals surface area contributed by atoms with E-state index >= 15 is 0 Å². The zero-order valence-corrected chi connectivity index (χ0v) is 21.0. The molecule has 5 atom stereocenters. The molecule has 0 unspecified atom stereocenters. The zero-order chi connectivity index (χ0) is 24.4. The zero-order valence-electron chi connectivity index (χ0n) is 21.0. The van der Waals surface area contributed by atoms with Crippen LogP contribution in [-0.2, 0) is 18.4 Å². The van der Waals surface area contributed by atoms with Crippen molar-refractivity contribution in [2.45, 2.75) is 75.3 Å². The van der Waals surface area contributed by atoms with Gasteiger partial charge in [-0.05, 0) is 55.3 Å². The topological polar surface area (TPSA) is 56.2 Å². The molecule has 2 bridgehead atoms. The Morgan fingerprint density at radius 1 is 1.20 bits per heavy atom. The molecular weight excluding hydrogens is 436 g/mol. The first-order valence-corrected chi connectivity index (χ1v) is 13.3. The SMILES string of the molecule is C=CCN1CC[C@]23c4c5ccc(O)c4O[C@H]2[C@@H](N(Cc2ccccc2)CC(C)C)CC[C@@]3(O)[C@H]1C5. The smallest absolute Gasteiger partial charge is 0.165 e. The summed E-state index contributed by atoms with van der Waals surface area (Å²) in [6, 6.07) is 14.7. The fraction of sp³-hybridized carbons (Fsp3) is 0.533. The molecule has 6 rings (SSSR count). The minimum absolute atomic E-state index is 0.0389. The average Bonchev–Trinajstić information content (AvgIpc) is 3.18. The number of aliphatic hydroxyl groups is 1. The lowest BCUT2D eigenvalue weighted by atomic mass is 9.48. The quantitative estimate of drug-likeness (QED) is 0.588. The van der Waals surface area contributed by atoms with Crippen LogP contribution in [0.1, 0.15) is 49.8 Å². The first-order valence-electron chi connectivity index (χ1n) is 13.3. The molecule has 2 aliphatic carbocycles. The third kappa shape index (κ3) is 3.24. The van der Waals surface area contributed by atoms with E-state index in [9.17, 15) is 10.2 Å². The number of nitrogens with zero attached hydrogens (tertiary/aromatic N) is 2. The molecule has 2 aliphatic heterocycles. The van der Waals surface area contributed by atoms with Gasteiger partial charge in [0.05, 0.1) is 11.0 Å². The molecule has 5 heteroatoms. The highest BCUT2D eigenvalue weighted by Gasteiger charge is 2.73. The van der Waals surface area contributed by atoms with E-state index in [1.165, 1.54) is 11.1 Å². The number of hydrogen-bond donors (Lipinski definition) is 2. The summed E-state index contributed by atoms with van der Waals surface area (Å²) in [5, 5.41) is 23.5. The van der Waals surface area contributed by atoms with Crippen molar-refractivity contribution in [3.8, 4) is 11.5 Å². The van der Waals surface area contributed by atoms with E-state index in [1.54, 1.807) is 6.07 Å². The lowest BCUT2D eigenvalue weighted by molar-refractivity contribution is -0.199. The van der Waals surface area contributed by atoms with Gasteiger partial charge in [0.1, 0.15) is 6.10 Å². The van der Waals surface area contributed by atoms with Crippen LogP contribution in [-0.4, -0.2) is 63.4 Å². The largest absolute Gasteiger partial charge is 0.504 e. The first-order chi connectivity index (χ1) is 16.9. The summed E-state index contributed by atoms with van der Waals surface area (Å²) in [5.41, 5.74) is 2.24. The molecule has 35 heavy (non-hydrogen) atoms.